The predicted octanol–water partition coefficient (Wildman–Crippen LogP) is -2.27. The van der Waals surface area contributed by atoms with Gasteiger partial charge < -0.3 is 37.0 Å². The summed E-state index contributed by atoms with van der Waals surface area (Å²) in [5, 5.41) is 34.0. The van der Waals surface area contributed by atoms with Crippen LogP contribution < -0.4 is 21.7 Å². The number of nitrogens with one attached hydrogen (secondary N) is 3. The van der Waals surface area contributed by atoms with Crippen molar-refractivity contribution < 1.29 is 39.3 Å². The van der Waals surface area contributed by atoms with Crippen LogP contribution in [-0.4, -0.2) is 87.8 Å². The van der Waals surface area contributed by atoms with E-state index in [4.69, 9.17) is 15.9 Å². The lowest BCUT2D eigenvalue weighted by Gasteiger charge is -2.26. The molecule has 13 heteroatoms. The van der Waals surface area contributed by atoms with Gasteiger partial charge in [-0.2, -0.15) is 11.8 Å². The number of carboxylic acids is 2. The van der Waals surface area contributed by atoms with E-state index >= 15 is 0 Å². The summed E-state index contributed by atoms with van der Waals surface area (Å²) in [5.41, 5.74) is 5.72. The SMILES string of the molecule is CSCCC(N)C(=O)NC(CO)C(=O)NC(C(=O)NC(CC(=O)O)C(=O)O)C(C)C. The molecule has 8 N–H and O–H groups in total. The van der Waals surface area contributed by atoms with E-state index in [1.807, 2.05) is 6.26 Å². The molecule has 0 fully saturated rings. The zero-order chi connectivity index (χ0) is 23.4. The van der Waals surface area contributed by atoms with Gasteiger partial charge in [-0.3, -0.25) is 19.2 Å². The third kappa shape index (κ3) is 9.89. The second-order valence-corrected chi connectivity index (χ2v) is 7.84. The van der Waals surface area contributed by atoms with Gasteiger partial charge in [0, 0.05) is 0 Å². The number of rotatable bonds is 14. The summed E-state index contributed by atoms with van der Waals surface area (Å²) in [4.78, 5) is 58.8. The van der Waals surface area contributed by atoms with Crippen molar-refractivity contribution in [3.05, 3.63) is 0 Å². The van der Waals surface area contributed by atoms with Crippen LogP contribution in [0.4, 0.5) is 0 Å². The van der Waals surface area contributed by atoms with Crippen LogP contribution in [0.1, 0.15) is 26.7 Å². The van der Waals surface area contributed by atoms with Gasteiger partial charge >= 0.3 is 11.9 Å². The molecule has 0 radical (unpaired) electrons. The Morgan fingerprint density at radius 2 is 1.50 bits per heavy atom. The van der Waals surface area contributed by atoms with E-state index in [0.29, 0.717) is 12.2 Å². The van der Waals surface area contributed by atoms with E-state index in [1.165, 1.54) is 11.8 Å². The van der Waals surface area contributed by atoms with Crippen molar-refractivity contribution in [1.29, 1.82) is 0 Å². The van der Waals surface area contributed by atoms with E-state index in [-0.39, 0.29) is 0 Å². The lowest BCUT2D eigenvalue weighted by molar-refractivity contribution is -0.147. The van der Waals surface area contributed by atoms with Crippen LogP contribution in [-0.2, 0) is 24.0 Å². The highest BCUT2D eigenvalue weighted by atomic mass is 32.2. The number of nitrogens with two attached hydrogens (primary N) is 1. The maximum atomic E-state index is 12.4. The maximum absolute atomic E-state index is 12.4. The normalized spacial score (nSPS) is 14.9. The Hall–Kier alpha value is -2.38. The minimum absolute atomic E-state index is 0.365. The minimum Gasteiger partial charge on any atom is -0.481 e. The predicted molar refractivity (Wildman–Crippen MR) is 109 cm³/mol. The molecule has 0 aromatic carbocycles. The Morgan fingerprint density at radius 3 is 1.93 bits per heavy atom. The van der Waals surface area contributed by atoms with Crippen LogP contribution in [0.15, 0.2) is 0 Å². The van der Waals surface area contributed by atoms with E-state index in [2.05, 4.69) is 16.0 Å². The number of carbonyl (C=O) groups excluding carboxylic acids is 3. The fourth-order valence-corrected chi connectivity index (χ4v) is 2.76. The molecule has 4 unspecified atom stereocenters. The first kappa shape index (κ1) is 27.6. The first-order chi connectivity index (χ1) is 13.9. The Bertz CT molecular complexity index is 631. The van der Waals surface area contributed by atoms with Crippen LogP contribution in [0.2, 0.25) is 0 Å². The van der Waals surface area contributed by atoms with Gasteiger partial charge in [-0.05, 0) is 24.3 Å². The van der Waals surface area contributed by atoms with Crippen molar-refractivity contribution in [3.63, 3.8) is 0 Å². The Balaban J connectivity index is 5.14. The van der Waals surface area contributed by atoms with Crippen LogP contribution >= 0.6 is 11.8 Å². The van der Waals surface area contributed by atoms with E-state index < -0.39 is 72.8 Å². The first-order valence-corrected chi connectivity index (χ1v) is 10.5. The number of aliphatic hydroxyl groups is 1. The fraction of sp³-hybridized carbons (Fsp3) is 0.706. The third-order valence-corrected chi connectivity index (χ3v) is 4.67. The molecule has 12 nitrogen and oxygen atoms in total. The van der Waals surface area contributed by atoms with Gasteiger partial charge in [0.05, 0.1) is 19.1 Å². The summed E-state index contributed by atoms with van der Waals surface area (Å²) >= 11 is 1.49. The van der Waals surface area contributed by atoms with Gasteiger partial charge in [-0.25, -0.2) is 4.79 Å². The molecule has 0 aromatic rings. The topological polar surface area (TPSA) is 208 Å². The van der Waals surface area contributed by atoms with E-state index in [0.717, 1.165) is 0 Å². The van der Waals surface area contributed by atoms with E-state index in [9.17, 15) is 29.1 Å². The summed E-state index contributed by atoms with van der Waals surface area (Å²) in [6, 6.07) is -5.17. The number of aliphatic hydroxyl groups excluding tert-OH is 1. The monoisotopic (exact) mass is 450 g/mol. The molecule has 3 amide bonds. The molecule has 0 heterocycles. The highest BCUT2D eigenvalue weighted by molar-refractivity contribution is 7.98. The summed E-state index contributed by atoms with van der Waals surface area (Å²) < 4.78 is 0. The van der Waals surface area contributed by atoms with Gasteiger partial charge in [-0.1, -0.05) is 13.8 Å². The van der Waals surface area contributed by atoms with Crippen LogP contribution in [0, 0.1) is 5.92 Å². The Labute approximate surface area is 178 Å². The number of aliphatic carboxylic acids is 2. The maximum Gasteiger partial charge on any atom is 0.326 e. The third-order valence-electron chi connectivity index (χ3n) is 4.03. The number of amides is 3. The van der Waals surface area contributed by atoms with E-state index in [1.54, 1.807) is 13.8 Å². The summed E-state index contributed by atoms with van der Waals surface area (Å²) in [6.45, 7) is 2.39. The molecule has 0 spiro atoms. The zero-order valence-corrected chi connectivity index (χ0v) is 17.9. The van der Waals surface area contributed by atoms with Gasteiger partial charge in [0.15, 0.2) is 0 Å². The molecule has 4 atom stereocenters. The van der Waals surface area contributed by atoms with Crippen LogP contribution in [0.3, 0.4) is 0 Å². The number of carboxylic acid groups (broad SMARTS) is 2. The first-order valence-electron chi connectivity index (χ1n) is 9.15. The highest BCUT2D eigenvalue weighted by Gasteiger charge is 2.32. The largest absolute Gasteiger partial charge is 0.481 e. The number of hydrogen-bond donors (Lipinski definition) is 7. The molecule has 0 aliphatic carbocycles. The van der Waals surface area contributed by atoms with Gasteiger partial charge in [-0.15, -0.1) is 0 Å². The molecule has 0 aliphatic rings. The Morgan fingerprint density at radius 1 is 0.933 bits per heavy atom. The summed E-state index contributed by atoms with van der Waals surface area (Å²) in [5.74, 6) is -5.27. The minimum atomic E-state index is -1.68. The van der Waals surface area contributed by atoms with Gasteiger partial charge in [0.2, 0.25) is 17.7 Å². The summed E-state index contributed by atoms with van der Waals surface area (Å²) in [7, 11) is 0. The highest BCUT2D eigenvalue weighted by Crippen LogP contribution is 2.05. The van der Waals surface area contributed by atoms with Crippen LogP contribution in [0.25, 0.3) is 0 Å². The van der Waals surface area contributed by atoms with Crippen molar-refractivity contribution in [3.8, 4) is 0 Å². The fourth-order valence-electron chi connectivity index (χ4n) is 2.27. The van der Waals surface area contributed by atoms with Crippen molar-refractivity contribution >= 4 is 41.4 Å². The molecular weight excluding hydrogens is 420 g/mol. The number of carbonyl (C=O) groups is 5. The average Bonchev–Trinajstić information content (AvgIpc) is 2.66. The molecule has 0 saturated heterocycles. The number of thioether (sulfide) groups is 1. The lowest BCUT2D eigenvalue weighted by Crippen LogP contribution is -2.59. The molecule has 0 saturated carbocycles. The molecule has 30 heavy (non-hydrogen) atoms. The smallest absolute Gasteiger partial charge is 0.326 e. The van der Waals surface area contributed by atoms with Crippen molar-refractivity contribution in [2.24, 2.45) is 11.7 Å². The molecule has 0 rings (SSSR count). The standard InChI is InChI=1S/C17H30N4O8S/c1-8(2)13(16(27)19-10(17(28)29)6-12(23)24)21-15(26)11(7-22)20-14(25)9(18)4-5-30-3/h8-11,13,22H,4-7,18H2,1-3H3,(H,19,27)(H,20,25)(H,21,26)(H,23,24)(H,28,29). The van der Waals surface area contributed by atoms with Gasteiger partial charge in [0.25, 0.3) is 0 Å². The van der Waals surface area contributed by atoms with Crippen molar-refractivity contribution in [2.45, 2.75) is 50.9 Å². The second kappa shape index (κ2) is 13.8. The van der Waals surface area contributed by atoms with Gasteiger partial charge in [0.1, 0.15) is 18.1 Å². The molecule has 0 aromatic heterocycles. The quantitative estimate of drug-likeness (QED) is 0.151. The van der Waals surface area contributed by atoms with Crippen LogP contribution in [0.5, 0.6) is 0 Å². The Kier molecular flexibility index (Phi) is 12.7. The van der Waals surface area contributed by atoms with Crippen molar-refractivity contribution in [1.82, 2.24) is 16.0 Å². The molecule has 0 aliphatic heterocycles. The lowest BCUT2D eigenvalue weighted by atomic mass is 10.0. The second-order valence-electron chi connectivity index (χ2n) is 6.86. The molecular formula is C17H30N4O8S. The zero-order valence-electron chi connectivity index (χ0n) is 17.1. The van der Waals surface area contributed by atoms with Crippen molar-refractivity contribution in [2.75, 3.05) is 18.6 Å². The average molecular weight is 451 g/mol. The summed E-state index contributed by atoms with van der Waals surface area (Å²) in [6.07, 6.45) is 1.37. The molecule has 0 bridgehead atoms. The number of hydrogen-bond acceptors (Lipinski definition) is 8. The molecule has 172 valence electrons.